The van der Waals surface area contributed by atoms with Gasteiger partial charge in [-0.1, -0.05) is 6.42 Å². The molecule has 2 N–H and O–H groups in total. The van der Waals surface area contributed by atoms with Crippen LogP contribution in [-0.2, 0) is 4.79 Å². The maximum absolute atomic E-state index is 12.3. The highest BCUT2D eigenvalue weighted by Crippen LogP contribution is 2.30. The third-order valence-corrected chi connectivity index (χ3v) is 4.34. The SMILES string of the molecule is O=C(NC1CCCC1n1ccnc1)[C@H]1CCCCN1. The van der Waals surface area contributed by atoms with Crippen molar-refractivity contribution in [3.8, 4) is 0 Å². The first kappa shape index (κ1) is 12.7. The van der Waals surface area contributed by atoms with Crippen molar-refractivity contribution >= 4 is 5.91 Å². The second-order valence-corrected chi connectivity index (χ2v) is 5.63. The van der Waals surface area contributed by atoms with Crippen molar-refractivity contribution in [2.24, 2.45) is 0 Å². The average molecular weight is 262 g/mol. The summed E-state index contributed by atoms with van der Waals surface area (Å²) in [6, 6.07) is 0.637. The van der Waals surface area contributed by atoms with E-state index in [0.717, 1.165) is 32.2 Å². The fourth-order valence-electron chi connectivity index (χ4n) is 3.29. The highest BCUT2D eigenvalue weighted by Gasteiger charge is 2.31. The molecule has 1 aromatic rings. The molecule has 1 aliphatic heterocycles. The second kappa shape index (κ2) is 5.74. The van der Waals surface area contributed by atoms with Crippen LogP contribution in [0, 0.1) is 0 Å². The van der Waals surface area contributed by atoms with Gasteiger partial charge in [0.25, 0.3) is 0 Å². The number of imidazole rings is 1. The van der Waals surface area contributed by atoms with Crippen LogP contribution in [-0.4, -0.2) is 34.1 Å². The highest BCUT2D eigenvalue weighted by molar-refractivity contribution is 5.82. The summed E-state index contributed by atoms with van der Waals surface area (Å²) < 4.78 is 2.13. The van der Waals surface area contributed by atoms with Crippen molar-refractivity contribution < 1.29 is 4.79 Å². The van der Waals surface area contributed by atoms with Crippen LogP contribution in [0.25, 0.3) is 0 Å². The molecule has 0 radical (unpaired) electrons. The predicted molar refractivity (Wildman–Crippen MR) is 72.7 cm³/mol. The number of nitrogens with one attached hydrogen (secondary N) is 2. The minimum Gasteiger partial charge on any atom is -0.350 e. The van der Waals surface area contributed by atoms with E-state index < -0.39 is 0 Å². The van der Waals surface area contributed by atoms with Crippen molar-refractivity contribution in [1.29, 1.82) is 0 Å². The first-order valence-electron chi connectivity index (χ1n) is 7.36. The van der Waals surface area contributed by atoms with E-state index in [2.05, 4.69) is 20.2 Å². The molecule has 2 fully saturated rings. The standard InChI is InChI=1S/C14H22N4O/c19-14(12-4-1-2-7-16-12)17-11-5-3-6-13(11)18-9-8-15-10-18/h8-13,16H,1-7H2,(H,17,19)/t11?,12-,13?/m1/s1. The van der Waals surface area contributed by atoms with Gasteiger partial charge in [-0.2, -0.15) is 0 Å². The summed E-state index contributed by atoms with van der Waals surface area (Å²) in [6.07, 6.45) is 12.3. The van der Waals surface area contributed by atoms with Crippen molar-refractivity contribution in [2.45, 2.75) is 56.7 Å². The van der Waals surface area contributed by atoms with E-state index in [1.807, 2.05) is 12.5 Å². The zero-order chi connectivity index (χ0) is 13.1. The first-order chi connectivity index (χ1) is 9.34. The Kier molecular flexibility index (Phi) is 3.82. The molecule has 1 aliphatic carbocycles. The lowest BCUT2D eigenvalue weighted by Gasteiger charge is -2.27. The molecule has 2 aliphatic rings. The zero-order valence-corrected chi connectivity index (χ0v) is 11.2. The Morgan fingerprint density at radius 1 is 1.26 bits per heavy atom. The number of hydrogen-bond acceptors (Lipinski definition) is 3. The Labute approximate surface area is 113 Å². The Hall–Kier alpha value is -1.36. The van der Waals surface area contributed by atoms with E-state index in [1.54, 1.807) is 6.20 Å². The minimum atomic E-state index is 0.0118. The van der Waals surface area contributed by atoms with E-state index >= 15 is 0 Å². The Bertz CT molecular complexity index is 411. The van der Waals surface area contributed by atoms with Gasteiger partial charge in [0.1, 0.15) is 0 Å². The Balaban J connectivity index is 1.60. The van der Waals surface area contributed by atoms with Gasteiger partial charge in [0.15, 0.2) is 0 Å². The maximum atomic E-state index is 12.3. The Morgan fingerprint density at radius 2 is 2.21 bits per heavy atom. The lowest BCUT2D eigenvalue weighted by Crippen LogP contribution is -2.50. The highest BCUT2D eigenvalue weighted by atomic mass is 16.2. The van der Waals surface area contributed by atoms with Crippen LogP contribution < -0.4 is 10.6 Å². The van der Waals surface area contributed by atoms with Gasteiger partial charge in [0.05, 0.1) is 18.4 Å². The van der Waals surface area contributed by atoms with Crippen molar-refractivity contribution in [3.05, 3.63) is 18.7 Å². The van der Waals surface area contributed by atoms with Crippen LogP contribution in [0.5, 0.6) is 0 Å². The predicted octanol–water partition coefficient (Wildman–Crippen LogP) is 1.23. The summed E-state index contributed by atoms with van der Waals surface area (Å²) in [5.41, 5.74) is 0. The van der Waals surface area contributed by atoms with Gasteiger partial charge in [-0.05, 0) is 38.6 Å². The van der Waals surface area contributed by atoms with Gasteiger partial charge in [-0.15, -0.1) is 0 Å². The lowest BCUT2D eigenvalue weighted by atomic mass is 10.0. The topological polar surface area (TPSA) is 59.0 Å². The van der Waals surface area contributed by atoms with E-state index in [4.69, 9.17) is 0 Å². The number of amides is 1. The molecule has 0 bridgehead atoms. The maximum Gasteiger partial charge on any atom is 0.237 e. The van der Waals surface area contributed by atoms with Crippen molar-refractivity contribution in [1.82, 2.24) is 20.2 Å². The van der Waals surface area contributed by atoms with Crippen molar-refractivity contribution in [2.75, 3.05) is 6.54 Å². The lowest BCUT2D eigenvalue weighted by molar-refractivity contribution is -0.124. The molecule has 2 unspecified atom stereocenters. The van der Waals surface area contributed by atoms with Crippen LogP contribution in [0.2, 0.25) is 0 Å². The number of carbonyl (C=O) groups is 1. The molecule has 3 atom stereocenters. The average Bonchev–Trinajstić information content (AvgIpc) is 3.10. The quantitative estimate of drug-likeness (QED) is 0.861. The molecular formula is C14H22N4O. The number of carbonyl (C=O) groups excluding carboxylic acids is 1. The summed E-state index contributed by atoms with van der Waals surface area (Å²) >= 11 is 0. The fraction of sp³-hybridized carbons (Fsp3) is 0.714. The van der Waals surface area contributed by atoms with Gasteiger partial charge in [0.2, 0.25) is 5.91 Å². The number of piperidine rings is 1. The van der Waals surface area contributed by atoms with E-state index in [0.29, 0.717) is 6.04 Å². The number of nitrogens with zero attached hydrogens (tertiary/aromatic N) is 2. The molecular weight excluding hydrogens is 240 g/mol. The third-order valence-electron chi connectivity index (χ3n) is 4.34. The zero-order valence-electron chi connectivity index (χ0n) is 11.2. The molecule has 1 saturated carbocycles. The smallest absolute Gasteiger partial charge is 0.237 e. The molecule has 1 aromatic heterocycles. The van der Waals surface area contributed by atoms with Gasteiger partial charge in [-0.25, -0.2) is 4.98 Å². The molecule has 104 valence electrons. The van der Waals surface area contributed by atoms with Crippen LogP contribution in [0.1, 0.15) is 44.6 Å². The van der Waals surface area contributed by atoms with Crippen LogP contribution in [0.15, 0.2) is 18.7 Å². The van der Waals surface area contributed by atoms with Gasteiger partial charge >= 0.3 is 0 Å². The second-order valence-electron chi connectivity index (χ2n) is 5.63. The normalized spacial score (nSPS) is 31.3. The van der Waals surface area contributed by atoms with Crippen LogP contribution >= 0.6 is 0 Å². The fourth-order valence-corrected chi connectivity index (χ4v) is 3.29. The molecule has 19 heavy (non-hydrogen) atoms. The molecule has 5 heteroatoms. The number of rotatable bonds is 3. The molecule has 5 nitrogen and oxygen atoms in total. The molecule has 3 rings (SSSR count). The summed E-state index contributed by atoms with van der Waals surface area (Å²) in [4.78, 5) is 16.4. The summed E-state index contributed by atoms with van der Waals surface area (Å²) in [5, 5.41) is 6.55. The number of aromatic nitrogens is 2. The van der Waals surface area contributed by atoms with E-state index in [1.165, 1.54) is 12.8 Å². The van der Waals surface area contributed by atoms with E-state index in [-0.39, 0.29) is 18.0 Å². The molecule has 0 aromatic carbocycles. The molecule has 0 spiro atoms. The number of hydrogen-bond donors (Lipinski definition) is 2. The summed E-state index contributed by atoms with van der Waals surface area (Å²) in [5.74, 6) is 0.178. The molecule has 2 heterocycles. The monoisotopic (exact) mass is 262 g/mol. The van der Waals surface area contributed by atoms with Gasteiger partial charge in [-0.3, -0.25) is 4.79 Å². The molecule has 1 amide bonds. The summed E-state index contributed by atoms with van der Waals surface area (Å²) in [6.45, 7) is 0.966. The minimum absolute atomic E-state index is 0.0118. The van der Waals surface area contributed by atoms with Crippen molar-refractivity contribution in [3.63, 3.8) is 0 Å². The van der Waals surface area contributed by atoms with Crippen LogP contribution in [0.4, 0.5) is 0 Å². The van der Waals surface area contributed by atoms with E-state index in [9.17, 15) is 4.79 Å². The summed E-state index contributed by atoms with van der Waals surface area (Å²) in [7, 11) is 0. The largest absolute Gasteiger partial charge is 0.350 e. The third kappa shape index (κ3) is 2.81. The van der Waals surface area contributed by atoms with Gasteiger partial charge < -0.3 is 15.2 Å². The Morgan fingerprint density at radius 3 is 2.95 bits per heavy atom. The van der Waals surface area contributed by atoms with Crippen LogP contribution in [0.3, 0.4) is 0 Å². The van der Waals surface area contributed by atoms with Gasteiger partial charge in [0, 0.05) is 18.4 Å². The molecule has 1 saturated heterocycles. The first-order valence-corrected chi connectivity index (χ1v) is 7.36.